The van der Waals surface area contributed by atoms with Gasteiger partial charge in [-0.3, -0.25) is 4.68 Å². The third kappa shape index (κ3) is 3.97. The van der Waals surface area contributed by atoms with E-state index in [0.717, 1.165) is 37.2 Å². The summed E-state index contributed by atoms with van der Waals surface area (Å²) in [6.45, 7) is 7.14. The summed E-state index contributed by atoms with van der Waals surface area (Å²) < 4.78 is 1.98. The summed E-state index contributed by atoms with van der Waals surface area (Å²) in [6.07, 6.45) is 4.96. The maximum atomic E-state index is 9.92. The van der Waals surface area contributed by atoms with E-state index < -0.39 is 0 Å². The first-order valence-corrected chi connectivity index (χ1v) is 6.38. The standard InChI is InChI=1S/C13H24N2O/c1-4-6-7-8-13(16)10-12-9-11(3)14-15(12)5-2/h9,13,16H,4-8,10H2,1-3H3. The summed E-state index contributed by atoms with van der Waals surface area (Å²) in [5.74, 6) is 0. The van der Waals surface area contributed by atoms with Crippen LogP contribution in [0.25, 0.3) is 0 Å². The molecule has 1 heterocycles. The van der Waals surface area contributed by atoms with Crippen molar-refractivity contribution in [2.45, 2.75) is 65.5 Å². The Kier molecular flexibility index (Phi) is 5.53. The van der Waals surface area contributed by atoms with Crippen LogP contribution < -0.4 is 0 Å². The smallest absolute Gasteiger partial charge is 0.0596 e. The van der Waals surface area contributed by atoms with E-state index in [2.05, 4.69) is 25.0 Å². The highest BCUT2D eigenvalue weighted by Gasteiger charge is 2.10. The van der Waals surface area contributed by atoms with Gasteiger partial charge in [-0.2, -0.15) is 5.10 Å². The molecule has 16 heavy (non-hydrogen) atoms. The average Bonchev–Trinajstić information content (AvgIpc) is 2.59. The molecule has 0 aliphatic carbocycles. The average molecular weight is 224 g/mol. The first-order chi connectivity index (χ1) is 7.67. The van der Waals surface area contributed by atoms with Crippen molar-refractivity contribution in [2.75, 3.05) is 0 Å². The van der Waals surface area contributed by atoms with Crippen LogP contribution in [-0.4, -0.2) is 21.0 Å². The third-order valence-corrected chi connectivity index (χ3v) is 2.87. The highest BCUT2D eigenvalue weighted by molar-refractivity contribution is 5.09. The number of aliphatic hydroxyl groups is 1. The maximum absolute atomic E-state index is 9.92. The first-order valence-electron chi connectivity index (χ1n) is 6.38. The molecule has 0 aliphatic rings. The van der Waals surface area contributed by atoms with Gasteiger partial charge in [-0.1, -0.05) is 26.2 Å². The Bertz CT molecular complexity index is 307. The van der Waals surface area contributed by atoms with Crippen LogP contribution in [0.15, 0.2) is 6.07 Å². The van der Waals surface area contributed by atoms with Gasteiger partial charge in [0, 0.05) is 18.7 Å². The molecule has 0 fully saturated rings. The van der Waals surface area contributed by atoms with Gasteiger partial charge in [0.25, 0.3) is 0 Å². The van der Waals surface area contributed by atoms with Crippen LogP contribution in [0.2, 0.25) is 0 Å². The predicted molar refractivity (Wildman–Crippen MR) is 66.5 cm³/mol. The van der Waals surface area contributed by atoms with Crippen molar-refractivity contribution in [2.24, 2.45) is 0 Å². The molecule has 0 radical (unpaired) electrons. The van der Waals surface area contributed by atoms with Gasteiger partial charge in [0.15, 0.2) is 0 Å². The van der Waals surface area contributed by atoms with Crippen LogP contribution >= 0.6 is 0 Å². The lowest BCUT2D eigenvalue weighted by Gasteiger charge is -2.11. The van der Waals surface area contributed by atoms with Crippen LogP contribution in [0, 0.1) is 6.92 Å². The molecule has 92 valence electrons. The zero-order valence-corrected chi connectivity index (χ0v) is 10.7. The lowest BCUT2D eigenvalue weighted by atomic mass is 10.1. The molecular formula is C13H24N2O. The minimum absolute atomic E-state index is 0.215. The Labute approximate surface area is 98.5 Å². The Morgan fingerprint density at radius 1 is 1.38 bits per heavy atom. The number of aromatic nitrogens is 2. The lowest BCUT2D eigenvalue weighted by molar-refractivity contribution is 0.158. The van der Waals surface area contributed by atoms with Gasteiger partial charge in [0.2, 0.25) is 0 Å². The van der Waals surface area contributed by atoms with Crippen molar-refractivity contribution >= 4 is 0 Å². The van der Waals surface area contributed by atoms with Crippen LogP contribution in [0.3, 0.4) is 0 Å². The molecule has 1 rings (SSSR count). The number of aryl methyl sites for hydroxylation is 2. The molecule has 0 saturated carbocycles. The lowest BCUT2D eigenvalue weighted by Crippen LogP contribution is -2.14. The summed E-state index contributed by atoms with van der Waals surface area (Å²) in [7, 11) is 0. The number of rotatable bonds is 7. The summed E-state index contributed by atoms with van der Waals surface area (Å²) in [5.41, 5.74) is 2.20. The highest BCUT2D eigenvalue weighted by atomic mass is 16.3. The zero-order chi connectivity index (χ0) is 12.0. The normalized spacial score (nSPS) is 13.0. The number of aliphatic hydroxyl groups excluding tert-OH is 1. The second-order valence-corrected chi connectivity index (χ2v) is 4.45. The molecule has 0 spiro atoms. The van der Waals surface area contributed by atoms with Crippen LogP contribution in [0.5, 0.6) is 0 Å². The predicted octanol–water partition coefficient (Wildman–Crippen LogP) is 2.70. The summed E-state index contributed by atoms with van der Waals surface area (Å²) in [5, 5.41) is 14.3. The second kappa shape index (κ2) is 6.69. The Morgan fingerprint density at radius 2 is 2.12 bits per heavy atom. The van der Waals surface area contributed by atoms with E-state index in [9.17, 15) is 5.11 Å². The molecule has 0 bridgehead atoms. The molecule has 1 unspecified atom stereocenters. The fraction of sp³-hybridized carbons (Fsp3) is 0.769. The van der Waals surface area contributed by atoms with E-state index in [1.165, 1.54) is 12.8 Å². The molecule has 1 atom stereocenters. The highest BCUT2D eigenvalue weighted by Crippen LogP contribution is 2.11. The molecule has 3 heteroatoms. The quantitative estimate of drug-likeness (QED) is 0.723. The monoisotopic (exact) mass is 224 g/mol. The van der Waals surface area contributed by atoms with E-state index in [-0.39, 0.29) is 6.10 Å². The summed E-state index contributed by atoms with van der Waals surface area (Å²) >= 11 is 0. The fourth-order valence-corrected chi connectivity index (χ4v) is 2.01. The third-order valence-electron chi connectivity index (χ3n) is 2.87. The largest absolute Gasteiger partial charge is 0.393 e. The van der Waals surface area contributed by atoms with Gasteiger partial charge in [-0.05, 0) is 26.3 Å². The molecule has 1 aromatic heterocycles. The maximum Gasteiger partial charge on any atom is 0.0596 e. The minimum Gasteiger partial charge on any atom is -0.393 e. The summed E-state index contributed by atoms with van der Waals surface area (Å²) in [6, 6.07) is 2.08. The topological polar surface area (TPSA) is 38.1 Å². The number of nitrogens with zero attached hydrogens (tertiary/aromatic N) is 2. The fourth-order valence-electron chi connectivity index (χ4n) is 2.01. The molecule has 1 N–H and O–H groups in total. The molecular weight excluding hydrogens is 200 g/mol. The van der Waals surface area contributed by atoms with Crippen molar-refractivity contribution in [3.8, 4) is 0 Å². The van der Waals surface area contributed by atoms with Crippen molar-refractivity contribution in [3.05, 3.63) is 17.5 Å². The number of hydrogen-bond donors (Lipinski definition) is 1. The van der Waals surface area contributed by atoms with E-state index in [4.69, 9.17) is 0 Å². The van der Waals surface area contributed by atoms with Crippen molar-refractivity contribution in [3.63, 3.8) is 0 Å². The Balaban J connectivity index is 2.45. The molecule has 0 saturated heterocycles. The minimum atomic E-state index is -0.215. The Morgan fingerprint density at radius 3 is 2.75 bits per heavy atom. The Hall–Kier alpha value is -0.830. The van der Waals surface area contributed by atoms with Gasteiger partial charge in [0.1, 0.15) is 0 Å². The first kappa shape index (κ1) is 13.2. The van der Waals surface area contributed by atoms with Gasteiger partial charge in [0.05, 0.1) is 11.8 Å². The van der Waals surface area contributed by atoms with Crippen LogP contribution in [0.1, 0.15) is 50.9 Å². The van der Waals surface area contributed by atoms with Crippen molar-refractivity contribution in [1.82, 2.24) is 9.78 Å². The molecule has 3 nitrogen and oxygen atoms in total. The molecule has 1 aromatic rings. The van der Waals surface area contributed by atoms with E-state index in [1.807, 2.05) is 11.6 Å². The van der Waals surface area contributed by atoms with E-state index in [1.54, 1.807) is 0 Å². The van der Waals surface area contributed by atoms with Crippen molar-refractivity contribution in [1.29, 1.82) is 0 Å². The van der Waals surface area contributed by atoms with Gasteiger partial charge >= 0.3 is 0 Å². The zero-order valence-electron chi connectivity index (χ0n) is 10.7. The molecule has 0 aromatic carbocycles. The van der Waals surface area contributed by atoms with Gasteiger partial charge in [-0.25, -0.2) is 0 Å². The molecule has 0 amide bonds. The van der Waals surface area contributed by atoms with E-state index in [0.29, 0.717) is 0 Å². The number of unbranched alkanes of at least 4 members (excludes halogenated alkanes) is 2. The van der Waals surface area contributed by atoms with E-state index >= 15 is 0 Å². The second-order valence-electron chi connectivity index (χ2n) is 4.45. The van der Waals surface area contributed by atoms with Crippen LogP contribution in [0.4, 0.5) is 0 Å². The van der Waals surface area contributed by atoms with Gasteiger partial charge in [-0.15, -0.1) is 0 Å². The number of hydrogen-bond acceptors (Lipinski definition) is 2. The SMILES string of the molecule is CCCCCC(O)Cc1cc(C)nn1CC. The van der Waals surface area contributed by atoms with Crippen molar-refractivity contribution < 1.29 is 5.11 Å². The molecule has 0 aliphatic heterocycles. The van der Waals surface area contributed by atoms with Crippen LogP contribution in [-0.2, 0) is 13.0 Å². The van der Waals surface area contributed by atoms with Gasteiger partial charge < -0.3 is 5.11 Å². The summed E-state index contributed by atoms with van der Waals surface area (Å²) in [4.78, 5) is 0.